The maximum absolute atomic E-state index is 12.3. The topological polar surface area (TPSA) is 80.8 Å². The highest BCUT2D eigenvalue weighted by Crippen LogP contribution is 2.23. The van der Waals surface area contributed by atoms with E-state index in [1.165, 1.54) is 24.3 Å². The molecule has 7 heteroatoms. The molecule has 1 amide bonds. The summed E-state index contributed by atoms with van der Waals surface area (Å²) in [6.45, 7) is 1.53. The Hall–Kier alpha value is -1.37. The summed E-state index contributed by atoms with van der Waals surface area (Å²) in [7, 11) is -1.49. The third kappa shape index (κ3) is 5.06. The average Bonchev–Trinajstić information content (AvgIpc) is 2.86. The quantitative estimate of drug-likeness (QED) is 0.570. The van der Waals surface area contributed by atoms with Gasteiger partial charge < -0.3 is 9.64 Å². The predicted octanol–water partition coefficient (Wildman–Crippen LogP) is 1.45. The number of amides is 1. The van der Waals surface area contributed by atoms with Gasteiger partial charge in [-0.1, -0.05) is 12.0 Å². The Labute approximate surface area is 137 Å². The SMILES string of the molecule is CC(OC(=O)C=C1CCCCC1)C(=O)N(C)C1CCS(=O)(=O)C1. The highest BCUT2D eigenvalue weighted by atomic mass is 32.2. The van der Waals surface area contributed by atoms with Crippen molar-refractivity contribution in [2.45, 2.75) is 57.6 Å². The summed E-state index contributed by atoms with van der Waals surface area (Å²) in [5.74, 6) is -0.757. The molecular formula is C16H25NO5S. The van der Waals surface area contributed by atoms with Crippen LogP contribution < -0.4 is 0 Å². The van der Waals surface area contributed by atoms with Gasteiger partial charge in [0.2, 0.25) is 0 Å². The van der Waals surface area contributed by atoms with E-state index in [-0.39, 0.29) is 23.5 Å². The van der Waals surface area contributed by atoms with Crippen LogP contribution in [0.2, 0.25) is 0 Å². The normalized spacial score (nSPS) is 24.8. The fourth-order valence-electron chi connectivity index (χ4n) is 3.12. The number of ether oxygens (including phenoxy) is 1. The predicted molar refractivity (Wildman–Crippen MR) is 86.6 cm³/mol. The Kier molecular flexibility index (Phi) is 5.84. The summed E-state index contributed by atoms with van der Waals surface area (Å²) >= 11 is 0. The summed E-state index contributed by atoms with van der Waals surface area (Å²) in [5.41, 5.74) is 1.08. The first kappa shape index (κ1) is 18.0. The van der Waals surface area contributed by atoms with E-state index in [1.807, 2.05) is 0 Å². The molecule has 0 aromatic carbocycles. The molecule has 0 aromatic heterocycles. The fourth-order valence-corrected chi connectivity index (χ4v) is 4.90. The highest BCUT2D eigenvalue weighted by molar-refractivity contribution is 7.91. The highest BCUT2D eigenvalue weighted by Gasteiger charge is 2.34. The number of rotatable bonds is 4. The molecular weight excluding hydrogens is 318 g/mol. The van der Waals surface area contributed by atoms with Crippen molar-refractivity contribution in [1.82, 2.24) is 4.90 Å². The van der Waals surface area contributed by atoms with E-state index < -0.39 is 21.9 Å². The molecule has 130 valence electrons. The first-order valence-electron chi connectivity index (χ1n) is 8.15. The lowest BCUT2D eigenvalue weighted by atomic mass is 9.95. The van der Waals surface area contributed by atoms with Crippen molar-refractivity contribution in [2.75, 3.05) is 18.6 Å². The van der Waals surface area contributed by atoms with E-state index in [0.29, 0.717) is 6.42 Å². The fraction of sp³-hybridized carbons (Fsp3) is 0.750. The van der Waals surface area contributed by atoms with Gasteiger partial charge in [-0.3, -0.25) is 4.79 Å². The number of sulfone groups is 1. The zero-order chi connectivity index (χ0) is 17.0. The number of carbonyl (C=O) groups is 2. The van der Waals surface area contributed by atoms with Crippen molar-refractivity contribution in [3.05, 3.63) is 11.6 Å². The number of nitrogens with zero attached hydrogens (tertiary/aromatic N) is 1. The van der Waals surface area contributed by atoms with Crippen molar-refractivity contribution in [2.24, 2.45) is 0 Å². The lowest BCUT2D eigenvalue weighted by molar-refractivity contribution is -0.155. The number of hydrogen-bond donors (Lipinski definition) is 0. The van der Waals surface area contributed by atoms with Crippen LogP contribution in [0.5, 0.6) is 0 Å². The molecule has 0 N–H and O–H groups in total. The third-order valence-corrected chi connectivity index (χ3v) is 6.31. The molecule has 0 spiro atoms. The molecule has 2 unspecified atom stereocenters. The number of esters is 1. The molecule has 0 aromatic rings. The molecule has 1 saturated heterocycles. The first-order valence-corrected chi connectivity index (χ1v) is 9.98. The van der Waals surface area contributed by atoms with Crippen LogP contribution in [-0.2, 0) is 24.2 Å². The number of likely N-dealkylation sites (N-methyl/N-ethyl adjacent to an activating group) is 1. The Morgan fingerprint density at radius 1 is 1.26 bits per heavy atom. The molecule has 0 bridgehead atoms. The number of hydrogen-bond acceptors (Lipinski definition) is 5. The summed E-state index contributed by atoms with van der Waals surface area (Å²) in [6, 6.07) is -0.328. The van der Waals surface area contributed by atoms with Gasteiger partial charge in [0, 0.05) is 19.2 Å². The summed E-state index contributed by atoms with van der Waals surface area (Å²) in [4.78, 5) is 25.6. The van der Waals surface area contributed by atoms with Gasteiger partial charge in [-0.25, -0.2) is 13.2 Å². The lowest BCUT2D eigenvalue weighted by Gasteiger charge is -2.26. The minimum Gasteiger partial charge on any atom is -0.449 e. The van der Waals surface area contributed by atoms with Gasteiger partial charge in [0.1, 0.15) is 0 Å². The zero-order valence-corrected chi connectivity index (χ0v) is 14.6. The van der Waals surface area contributed by atoms with Crippen molar-refractivity contribution in [1.29, 1.82) is 0 Å². The minimum absolute atomic E-state index is 0.0139. The molecule has 2 aliphatic rings. The standard InChI is InChI=1S/C16H25NO5S/c1-12(22-15(18)10-13-6-4-3-5-7-13)16(19)17(2)14-8-9-23(20,21)11-14/h10,12,14H,3-9,11H2,1-2H3. The van der Waals surface area contributed by atoms with Crippen LogP contribution in [-0.4, -0.2) is 55.9 Å². The van der Waals surface area contributed by atoms with E-state index in [2.05, 4.69) is 0 Å². The largest absolute Gasteiger partial charge is 0.449 e. The molecule has 1 saturated carbocycles. The Balaban J connectivity index is 1.88. The zero-order valence-electron chi connectivity index (χ0n) is 13.8. The molecule has 1 heterocycles. The third-order valence-electron chi connectivity index (χ3n) is 4.56. The molecule has 0 radical (unpaired) electrons. The molecule has 6 nitrogen and oxygen atoms in total. The number of allylic oxidation sites excluding steroid dienone is 1. The van der Waals surface area contributed by atoms with E-state index in [0.717, 1.165) is 31.3 Å². The van der Waals surface area contributed by atoms with Crippen LogP contribution >= 0.6 is 0 Å². The van der Waals surface area contributed by atoms with Gasteiger partial charge in [0.15, 0.2) is 15.9 Å². The van der Waals surface area contributed by atoms with Crippen LogP contribution in [0, 0.1) is 0 Å². The average molecular weight is 343 g/mol. The molecule has 2 rings (SSSR count). The molecule has 2 fully saturated rings. The Bertz CT molecular complexity index is 588. The van der Waals surface area contributed by atoms with Crippen LogP contribution in [0.1, 0.15) is 45.4 Å². The van der Waals surface area contributed by atoms with Crippen LogP contribution in [0.3, 0.4) is 0 Å². The van der Waals surface area contributed by atoms with Crippen LogP contribution in [0.4, 0.5) is 0 Å². The Morgan fingerprint density at radius 2 is 1.91 bits per heavy atom. The summed E-state index contributed by atoms with van der Waals surface area (Å²) < 4.78 is 28.2. The molecule has 2 atom stereocenters. The monoisotopic (exact) mass is 343 g/mol. The van der Waals surface area contributed by atoms with Crippen molar-refractivity contribution in [3.63, 3.8) is 0 Å². The van der Waals surface area contributed by atoms with Gasteiger partial charge in [0.25, 0.3) is 5.91 Å². The molecule has 1 aliphatic carbocycles. The first-order chi connectivity index (χ1) is 10.8. The van der Waals surface area contributed by atoms with Gasteiger partial charge >= 0.3 is 5.97 Å². The maximum Gasteiger partial charge on any atom is 0.331 e. The van der Waals surface area contributed by atoms with E-state index in [9.17, 15) is 18.0 Å². The van der Waals surface area contributed by atoms with Gasteiger partial charge in [-0.2, -0.15) is 0 Å². The van der Waals surface area contributed by atoms with Crippen molar-refractivity contribution < 1.29 is 22.7 Å². The second-order valence-corrected chi connectivity index (χ2v) is 8.68. The van der Waals surface area contributed by atoms with Crippen LogP contribution in [0.15, 0.2) is 11.6 Å². The number of carbonyl (C=O) groups excluding carboxylic acids is 2. The molecule has 23 heavy (non-hydrogen) atoms. The van der Waals surface area contributed by atoms with Crippen molar-refractivity contribution in [3.8, 4) is 0 Å². The van der Waals surface area contributed by atoms with E-state index in [1.54, 1.807) is 7.05 Å². The van der Waals surface area contributed by atoms with Crippen molar-refractivity contribution >= 4 is 21.7 Å². The second kappa shape index (κ2) is 7.47. The maximum atomic E-state index is 12.3. The molecule has 1 aliphatic heterocycles. The van der Waals surface area contributed by atoms with Crippen LogP contribution in [0.25, 0.3) is 0 Å². The Morgan fingerprint density at radius 3 is 2.48 bits per heavy atom. The van der Waals surface area contributed by atoms with Gasteiger partial charge in [-0.15, -0.1) is 0 Å². The minimum atomic E-state index is -3.05. The van der Waals surface area contributed by atoms with E-state index >= 15 is 0 Å². The van der Waals surface area contributed by atoms with E-state index in [4.69, 9.17) is 4.74 Å². The lowest BCUT2D eigenvalue weighted by Crippen LogP contribution is -2.44. The summed E-state index contributed by atoms with van der Waals surface area (Å²) in [6.07, 6.45) is 6.23. The second-order valence-electron chi connectivity index (χ2n) is 6.45. The summed E-state index contributed by atoms with van der Waals surface area (Å²) in [5, 5.41) is 0. The van der Waals surface area contributed by atoms with Gasteiger partial charge in [0.05, 0.1) is 11.5 Å². The smallest absolute Gasteiger partial charge is 0.331 e. The van der Waals surface area contributed by atoms with Gasteiger partial charge in [-0.05, 0) is 39.0 Å².